The molecule has 0 unspecified atom stereocenters. The zero-order valence-electron chi connectivity index (χ0n) is 22.6. The first-order chi connectivity index (χ1) is 18.6. The lowest BCUT2D eigenvalue weighted by atomic mass is 10.1. The number of carbonyl (C=O) groups is 2. The van der Waals surface area contributed by atoms with Gasteiger partial charge in [-0.1, -0.05) is 48.9 Å². The van der Waals surface area contributed by atoms with E-state index in [4.69, 9.17) is 16.3 Å². The minimum atomic E-state index is -4.16. The number of nitrogens with one attached hydrogen (secondary N) is 1. The number of sulfonamides is 1. The summed E-state index contributed by atoms with van der Waals surface area (Å²) in [5.74, 6) is -0.214. The average molecular weight is 572 g/mol. The first-order valence-corrected chi connectivity index (χ1v) is 14.5. The maximum absolute atomic E-state index is 14.0. The molecular weight excluding hydrogens is 538 g/mol. The smallest absolute Gasteiger partial charge is 0.264 e. The number of para-hydroxylation sites is 1. The lowest BCUT2D eigenvalue weighted by molar-refractivity contribution is -0.140. The van der Waals surface area contributed by atoms with Gasteiger partial charge in [0.25, 0.3) is 10.0 Å². The Hall–Kier alpha value is -3.56. The van der Waals surface area contributed by atoms with E-state index in [1.54, 1.807) is 63.4 Å². The van der Waals surface area contributed by atoms with Gasteiger partial charge in [0.05, 0.1) is 17.7 Å². The van der Waals surface area contributed by atoms with Gasteiger partial charge in [0.15, 0.2) is 0 Å². The molecule has 0 fully saturated rings. The van der Waals surface area contributed by atoms with Crippen molar-refractivity contribution in [1.82, 2.24) is 10.2 Å². The number of hydrogen-bond donors (Lipinski definition) is 1. The summed E-state index contributed by atoms with van der Waals surface area (Å²) in [5, 5.41) is 3.19. The second-order valence-electron chi connectivity index (χ2n) is 8.94. The fourth-order valence-electron chi connectivity index (χ4n) is 4.27. The number of carbonyl (C=O) groups excluding carboxylic acids is 2. The number of ether oxygens (including phenoxy) is 1. The molecule has 0 aromatic heterocycles. The Balaban J connectivity index is 2.08. The Kier molecular flexibility index (Phi) is 10.4. The second kappa shape index (κ2) is 13.5. The van der Waals surface area contributed by atoms with E-state index in [1.165, 1.54) is 29.2 Å². The molecule has 3 rings (SSSR count). The van der Waals surface area contributed by atoms with E-state index < -0.39 is 28.5 Å². The highest BCUT2D eigenvalue weighted by Crippen LogP contribution is 2.28. The number of rotatable bonds is 12. The van der Waals surface area contributed by atoms with Crippen molar-refractivity contribution in [2.24, 2.45) is 0 Å². The molecule has 0 aliphatic heterocycles. The Bertz CT molecular complexity index is 1400. The number of methoxy groups -OCH3 is 1. The van der Waals surface area contributed by atoms with Crippen LogP contribution in [-0.4, -0.2) is 51.4 Å². The molecule has 3 aromatic rings. The fourth-order valence-corrected chi connectivity index (χ4v) is 5.87. The number of halogens is 1. The number of anilines is 1. The number of hydrogen-bond acceptors (Lipinski definition) is 5. The topological polar surface area (TPSA) is 96.0 Å². The van der Waals surface area contributed by atoms with Crippen molar-refractivity contribution in [3.05, 3.63) is 88.9 Å². The Morgan fingerprint density at radius 3 is 2.31 bits per heavy atom. The monoisotopic (exact) mass is 571 g/mol. The summed E-state index contributed by atoms with van der Waals surface area (Å²) in [5.41, 5.74) is 1.79. The van der Waals surface area contributed by atoms with Crippen molar-refractivity contribution in [3.63, 3.8) is 0 Å². The number of aryl methyl sites for hydroxylation is 1. The molecule has 0 saturated heterocycles. The van der Waals surface area contributed by atoms with Crippen molar-refractivity contribution in [2.45, 2.75) is 44.7 Å². The predicted octanol–water partition coefficient (Wildman–Crippen LogP) is 4.80. The number of amides is 2. The quantitative estimate of drug-likeness (QED) is 0.337. The van der Waals surface area contributed by atoms with Crippen LogP contribution in [0.3, 0.4) is 0 Å². The number of likely N-dealkylation sites (N-methyl/N-ethyl adjacent to an activating group) is 1. The first-order valence-electron chi connectivity index (χ1n) is 12.7. The van der Waals surface area contributed by atoms with E-state index >= 15 is 0 Å². The lowest BCUT2D eigenvalue weighted by Gasteiger charge is -2.33. The van der Waals surface area contributed by atoms with Gasteiger partial charge in [-0.3, -0.25) is 13.9 Å². The van der Waals surface area contributed by atoms with Crippen LogP contribution in [0.15, 0.2) is 77.7 Å². The molecule has 0 aliphatic rings. The van der Waals surface area contributed by atoms with Gasteiger partial charge in [0.2, 0.25) is 11.8 Å². The van der Waals surface area contributed by atoms with Crippen LogP contribution in [0, 0.1) is 6.92 Å². The molecule has 3 aromatic carbocycles. The standard InChI is InChI=1S/C29H34ClN3O5S/c1-5-26(29(35)31-6-2)32(19-22-11-9-12-24(18-22)38-4)28(34)20-33(27-13-8-7-10-21(27)3)39(36,37)25-16-14-23(30)15-17-25/h7-18,26H,5-6,19-20H2,1-4H3,(H,31,35)/t26-/m1/s1. The van der Waals surface area contributed by atoms with Gasteiger partial charge in [0, 0.05) is 18.1 Å². The molecule has 1 atom stereocenters. The largest absolute Gasteiger partial charge is 0.497 e. The highest BCUT2D eigenvalue weighted by atomic mass is 35.5. The summed E-state index contributed by atoms with van der Waals surface area (Å²) < 4.78 is 34.2. The number of nitrogens with zero attached hydrogens (tertiary/aromatic N) is 2. The summed E-state index contributed by atoms with van der Waals surface area (Å²) in [6.45, 7) is 5.38. The van der Waals surface area contributed by atoms with Crippen LogP contribution in [-0.2, 0) is 26.2 Å². The third-order valence-corrected chi connectivity index (χ3v) is 8.31. The summed E-state index contributed by atoms with van der Waals surface area (Å²) in [6.07, 6.45) is 0.343. The molecule has 2 amide bonds. The van der Waals surface area contributed by atoms with Crippen LogP contribution < -0.4 is 14.4 Å². The molecule has 1 N–H and O–H groups in total. The average Bonchev–Trinajstić information content (AvgIpc) is 2.92. The molecule has 39 heavy (non-hydrogen) atoms. The third-order valence-electron chi connectivity index (χ3n) is 6.29. The van der Waals surface area contributed by atoms with E-state index in [-0.39, 0.29) is 17.3 Å². The van der Waals surface area contributed by atoms with Crippen molar-refractivity contribution in [3.8, 4) is 5.75 Å². The zero-order valence-corrected chi connectivity index (χ0v) is 24.1. The van der Waals surface area contributed by atoms with Crippen molar-refractivity contribution in [1.29, 1.82) is 0 Å². The maximum Gasteiger partial charge on any atom is 0.264 e. The molecule has 0 heterocycles. The van der Waals surface area contributed by atoms with Gasteiger partial charge < -0.3 is 15.0 Å². The van der Waals surface area contributed by atoms with Crippen LogP contribution in [0.25, 0.3) is 0 Å². The fraction of sp³-hybridized carbons (Fsp3) is 0.310. The van der Waals surface area contributed by atoms with Gasteiger partial charge in [0.1, 0.15) is 18.3 Å². The van der Waals surface area contributed by atoms with Crippen LogP contribution in [0.5, 0.6) is 5.75 Å². The van der Waals surface area contributed by atoms with Crippen LogP contribution >= 0.6 is 11.6 Å². The Morgan fingerprint density at radius 2 is 1.69 bits per heavy atom. The minimum absolute atomic E-state index is 0.00179. The van der Waals surface area contributed by atoms with Gasteiger partial charge >= 0.3 is 0 Å². The normalized spacial score (nSPS) is 11.9. The maximum atomic E-state index is 14.0. The highest BCUT2D eigenvalue weighted by molar-refractivity contribution is 7.92. The van der Waals surface area contributed by atoms with Crippen LogP contribution in [0.2, 0.25) is 5.02 Å². The van der Waals surface area contributed by atoms with Crippen LogP contribution in [0.4, 0.5) is 5.69 Å². The molecule has 0 radical (unpaired) electrons. The van der Waals surface area contributed by atoms with Gasteiger partial charge in [-0.15, -0.1) is 0 Å². The minimum Gasteiger partial charge on any atom is -0.497 e. The predicted molar refractivity (Wildman–Crippen MR) is 153 cm³/mol. The van der Waals surface area contributed by atoms with E-state index in [0.717, 1.165) is 9.87 Å². The third kappa shape index (κ3) is 7.30. The molecule has 8 nitrogen and oxygen atoms in total. The summed E-state index contributed by atoms with van der Waals surface area (Å²) in [4.78, 5) is 28.5. The van der Waals surface area contributed by atoms with E-state index in [0.29, 0.717) is 35.0 Å². The molecule has 0 bridgehead atoms. The molecule has 208 valence electrons. The second-order valence-corrected chi connectivity index (χ2v) is 11.2. The molecule has 0 spiro atoms. The molecule has 10 heteroatoms. The van der Waals surface area contributed by atoms with E-state index in [1.807, 2.05) is 13.0 Å². The van der Waals surface area contributed by atoms with Gasteiger partial charge in [-0.25, -0.2) is 8.42 Å². The van der Waals surface area contributed by atoms with Crippen molar-refractivity contribution in [2.75, 3.05) is 24.5 Å². The van der Waals surface area contributed by atoms with Gasteiger partial charge in [-0.05, 0) is 73.9 Å². The van der Waals surface area contributed by atoms with Crippen LogP contribution in [0.1, 0.15) is 31.4 Å². The Morgan fingerprint density at radius 1 is 1.00 bits per heavy atom. The van der Waals surface area contributed by atoms with Gasteiger partial charge in [-0.2, -0.15) is 0 Å². The van der Waals surface area contributed by atoms with E-state index in [9.17, 15) is 18.0 Å². The summed E-state index contributed by atoms with van der Waals surface area (Å²) in [7, 11) is -2.61. The molecule has 0 saturated carbocycles. The first kappa shape index (κ1) is 30.0. The van der Waals surface area contributed by atoms with E-state index in [2.05, 4.69) is 5.32 Å². The highest BCUT2D eigenvalue weighted by Gasteiger charge is 2.34. The molecule has 0 aliphatic carbocycles. The number of benzene rings is 3. The zero-order chi connectivity index (χ0) is 28.6. The Labute approximate surface area is 235 Å². The SMILES string of the molecule is CCNC(=O)[C@@H](CC)N(Cc1cccc(OC)c1)C(=O)CN(c1ccccc1C)S(=O)(=O)c1ccc(Cl)cc1. The van der Waals surface area contributed by atoms with Crippen molar-refractivity contribution >= 4 is 39.1 Å². The summed E-state index contributed by atoms with van der Waals surface area (Å²) >= 11 is 6.00. The molecular formula is C29H34ClN3O5S. The lowest BCUT2D eigenvalue weighted by Crippen LogP contribution is -2.52. The summed E-state index contributed by atoms with van der Waals surface area (Å²) in [6, 6.07) is 19.1. The van der Waals surface area contributed by atoms with Crippen molar-refractivity contribution < 1.29 is 22.7 Å².